The van der Waals surface area contributed by atoms with Crippen LogP contribution in [0.25, 0.3) is 0 Å². The molecule has 230 valence electrons. The van der Waals surface area contributed by atoms with Gasteiger partial charge >= 0.3 is 0 Å². The molecule has 3 amide bonds. The minimum atomic E-state index is -0.942. The van der Waals surface area contributed by atoms with Crippen molar-refractivity contribution in [2.45, 2.75) is 55.2 Å². The molecule has 3 aliphatic heterocycles. The third kappa shape index (κ3) is 4.95. The van der Waals surface area contributed by atoms with Crippen LogP contribution in [0.3, 0.4) is 0 Å². The zero-order chi connectivity index (χ0) is 31.2. The van der Waals surface area contributed by atoms with Gasteiger partial charge in [0.2, 0.25) is 17.7 Å². The van der Waals surface area contributed by atoms with E-state index >= 15 is 0 Å². The van der Waals surface area contributed by atoms with E-state index in [2.05, 4.69) is 10.6 Å². The van der Waals surface area contributed by atoms with Gasteiger partial charge in [-0.3, -0.25) is 14.4 Å². The smallest absolute Gasteiger partial charge is 0.248 e. The van der Waals surface area contributed by atoms with Crippen LogP contribution in [-0.4, -0.2) is 56.5 Å². The number of hydrogen-bond donors (Lipinski definition) is 3. The molecule has 6 atom stereocenters. The third-order valence-corrected chi connectivity index (χ3v) is 11.6. The molecule has 0 radical (unpaired) electrons. The Hall–Kier alpha value is -3.53. The second-order valence-corrected chi connectivity index (χ2v) is 14.3. The summed E-state index contributed by atoms with van der Waals surface area (Å²) in [5.41, 5.74) is 2.60. The molecule has 3 fully saturated rings. The van der Waals surface area contributed by atoms with Gasteiger partial charge in [-0.2, -0.15) is 0 Å². The first-order valence-corrected chi connectivity index (χ1v) is 16.1. The number of nitrogens with zero attached hydrogens (tertiary/aromatic N) is 1. The van der Waals surface area contributed by atoms with E-state index in [-0.39, 0.29) is 24.3 Å². The van der Waals surface area contributed by atoms with Gasteiger partial charge in [-0.15, -0.1) is 11.8 Å². The van der Waals surface area contributed by atoms with Crippen molar-refractivity contribution in [1.29, 1.82) is 0 Å². The molecule has 10 heteroatoms. The number of thioether (sulfide) groups is 1. The molecule has 3 aromatic rings. The summed E-state index contributed by atoms with van der Waals surface area (Å²) in [5.74, 6) is -1.67. The molecule has 2 bridgehead atoms. The van der Waals surface area contributed by atoms with Crippen LogP contribution in [0.2, 0.25) is 5.02 Å². The molecule has 44 heavy (non-hydrogen) atoms. The van der Waals surface area contributed by atoms with Crippen LogP contribution < -0.4 is 15.4 Å². The number of benzene rings is 3. The Bertz CT molecular complexity index is 1570. The molecule has 3 saturated heterocycles. The monoisotopic (exact) mass is 633 g/mol. The maximum atomic E-state index is 14.7. The summed E-state index contributed by atoms with van der Waals surface area (Å²) >= 11 is 8.08. The highest BCUT2D eigenvalue weighted by Gasteiger charge is 2.77. The normalized spacial score (nSPS) is 27.6. The van der Waals surface area contributed by atoms with E-state index in [1.54, 1.807) is 42.1 Å². The Kier molecular flexibility index (Phi) is 8.15. The van der Waals surface area contributed by atoms with Gasteiger partial charge in [0.15, 0.2) is 0 Å². The zero-order valence-corrected chi connectivity index (χ0v) is 26.5. The highest BCUT2D eigenvalue weighted by atomic mass is 35.5. The van der Waals surface area contributed by atoms with Gasteiger partial charge in [0.25, 0.3) is 0 Å². The average molecular weight is 634 g/mol. The van der Waals surface area contributed by atoms with Crippen LogP contribution >= 0.6 is 23.4 Å². The first-order chi connectivity index (χ1) is 21.1. The highest BCUT2D eigenvalue weighted by Crippen LogP contribution is 2.72. The molecular formula is C34H36ClN3O5S. The molecule has 8 nitrogen and oxygen atoms in total. The summed E-state index contributed by atoms with van der Waals surface area (Å²) in [5, 5.41) is 17.2. The Labute approximate surface area is 266 Å². The number of halogens is 1. The van der Waals surface area contributed by atoms with Crippen molar-refractivity contribution in [3.63, 3.8) is 0 Å². The standard InChI is InChI=1S/C34H36ClN3O5S/c1-4-43-23-15-13-22(14-16-23)36-30(40)26-27-32(42)38(25(19-39)21-10-6-5-7-11-21)29(34(27)18-17-33(26,3)44-34)31(41)37-28-20(2)9-8-12-24(28)35/h5-16,25-27,29,39H,4,17-19H2,1-3H3,(H,36,40)(H,37,41)/t25-,26+,27+,29?,33-,34?/m1/s1. The van der Waals surface area contributed by atoms with E-state index in [1.807, 2.05) is 63.2 Å². The third-order valence-electron chi connectivity index (χ3n) is 9.34. The number of anilines is 2. The van der Waals surface area contributed by atoms with Crippen LogP contribution in [0.15, 0.2) is 72.8 Å². The minimum Gasteiger partial charge on any atom is -0.494 e. The summed E-state index contributed by atoms with van der Waals surface area (Å²) in [6.45, 7) is 5.95. The average Bonchev–Trinajstić information content (AvgIpc) is 3.58. The molecule has 3 aromatic carbocycles. The van der Waals surface area contributed by atoms with E-state index in [4.69, 9.17) is 16.3 Å². The molecule has 6 rings (SSSR count). The predicted molar refractivity (Wildman–Crippen MR) is 173 cm³/mol. The van der Waals surface area contributed by atoms with E-state index in [9.17, 15) is 19.5 Å². The van der Waals surface area contributed by atoms with Gasteiger partial charge in [0.1, 0.15) is 11.8 Å². The number of aliphatic hydroxyl groups is 1. The zero-order valence-electron chi connectivity index (χ0n) is 24.9. The Morgan fingerprint density at radius 2 is 1.77 bits per heavy atom. The van der Waals surface area contributed by atoms with Gasteiger partial charge in [0.05, 0.1) is 46.5 Å². The van der Waals surface area contributed by atoms with Gasteiger partial charge < -0.3 is 25.4 Å². The lowest BCUT2D eigenvalue weighted by Crippen LogP contribution is -2.52. The number of amides is 3. The molecule has 3 aliphatic rings. The highest BCUT2D eigenvalue weighted by molar-refractivity contribution is 8.02. The Balaban J connectivity index is 1.40. The topological polar surface area (TPSA) is 108 Å². The van der Waals surface area contributed by atoms with Crippen LogP contribution in [0.4, 0.5) is 11.4 Å². The van der Waals surface area contributed by atoms with Crippen molar-refractivity contribution >= 4 is 52.5 Å². The second kappa shape index (κ2) is 11.8. The van der Waals surface area contributed by atoms with Gasteiger partial charge in [-0.1, -0.05) is 54.1 Å². The van der Waals surface area contributed by atoms with E-state index in [1.165, 1.54) is 4.90 Å². The second-order valence-electron chi connectivity index (χ2n) is 11.9. The number of carbonyl (C=O) groups excluding carboxylic acids is 3. The molecule has 3 N–H and O–H groups in total. The number of fused-ring (bicyclic) bond motifs is 1. The number of ether oxygens (including phenoxy) is 1. The largest absolute Gasteiger partial charge is 0.494 e. The SMILES string of the molecule is CCOc1ccc(NC(=O)[C@@H]2[C@H]3C(=O)N([C@H](CO)c4ccccc4)C(C(=O)Nc4c(C)cccc4Cl)C34CC[C@@]2(C)S4)cc1. The number of rotatable bonds is 9. The number of carbonyl (C=O) groups is 3. The lowest BCUT2D eigenvalue weighted by Gasteiger charge is -2.37. The van der Waals surface area contributed by atoms with E-state index in [0.717, 1.165) is 5.56 Å². The molecular weight excluding hydrogens is 598 g/mol. The van der Waals surface area contributed by atoms with Crippen LogP contribution in [0.5, 0.6) is 5.75 Å². The van der Waals surface area contributed by atoms with Crippen molar-refractivity contribution in [3.8, 4) is 5.75 Å². The fraction of sp³-hybridized carbons (Fsp3) is 0.382. The summed E-state index contributed by atoms with van der Waals surface area (Å²) in [4.78, 5) is 44.7. The van der Waals surface area contributed by atoms with Gasteiger partial charge in [-0.25, -0.2) is 0 Å². The number of likely N-dealkylation sites (tertiary alicyclic amines) is 1. The van der Waals surface area contributed by atoms with Crippen molar-refractivity contribution < 1.29 is 24.2 Å². The maximum Gasteiger partial charge on any atom is 0.248 e. The van der Waals surface area contributed by atoms with Crippen molar-refractivity contribution in [3.05, 3.63) is 88.9 Å². The summed E-state index contributed by atoms with van der Waals surface area (Å²) in [7, 11) is 0. The van der Waals surface area contributed by atoms with E-state index < -0.39 is 33.4 Å². The minimum absolute atomic E-state index is 0.257. The quantitative estimate of drug-likeness (QED) is 0.273. The number of nitrogens with one attached hydrogen (secondary N) is 2. The van der Waals surface area contributed by atoms with Crippen molar-refractivity contribution in [1.82, 2.24) is 4.90 Å². The molecule has 0 aliphatic carbocycles. The molecule has 1 spiro atoms. The number of aryl methyl sites for hydroxylation is 1. The summed E-state index contributed by atoms with van der Waals surface area (Å²) < 4.78 is 4.11. The summed E-state index contributed by atoms with van der Waals surface area (Å²) in [6.07, 6.45) is 1.25. The van der Waals surface area contributed by atoms with Crippen LogP contribution in [-0.2, 0) is 14.4 Å². The van der Waals surface area contributed by atoms with Crippen LogP contribution in [0.1, 0.15) is 43.9 Å². The van der Waals surface area contributed by atoms with Gasteiger partial charge in [0, 0.05) is 10.4 Å². The Morgan fingerprint density at radius 1 is 1.05 bits per heavy atom. The number of hydrogen-bond acceptors (Lipinski definition) is 6. The predicted octanol–water partition coefficient (Wildman–Crippen LogP) is 5.84. The van der Waals surface area contributed by atoms with Crippen molar-refractivity contribution in [2.75, 3.05) is 23.8 Å². The number of para-hydroxylation sites is 1. The van der Waals surface area contributed by atoms with Crippen LogP contribution in [0, 0.1) is 18.8 Å². The first kappa shape index (κ1) is 30.5. The van der Waals surface area contributed by atoms with Gasteiger partial charge in [-0.05, 0) is 75.1 Å². The fourth-order valence-electron chi connectivity index (χ4n) is 7.43. The first-order valence-electron chi connectivity index (χ1n) is 14.9. The molecule has 2 unspecified atom stereocenters. The molecule has 0 aromatic heterocycles. The lowest BCUT2D eigenvalue weighted by molar-refractivity contribution is -0.141. The lowest BCUT2D eigenvalue weighted by atomic mass is 9.66. The molecule has 3 heterocycles. The fourth-order valence-corrected chi connectivity index (χ4v) is 10.0. The number of aliphatic hydroxyl groups excluding tert-OH is 1. The maximum absolute atomic E-state index is 14.7. The molecule has 0 saturated carbocycles. The Morgan fingerprint density at radius 3 is 2.43 bits per heavy atom. The summed E-state index contributed by atoms with van der Waals surface area (Å²) in [6, 6.07) is 20.1. The van der Waals surface area contributed by atoms with Crippen molar-refractivity contribution in [2.24, 2.45) is 11.8 Å². The van der Waals surface area contributed by atoms with E-state index in [0.29, 0.717) is 47.2 Å².